The summed E-state index contributed by atoms with van der Waals surface area (Å²) in [7, 11) is 0. The van der Waals surface area contributed by atoms with Gasteiger partial charge >= 0.3 is 0 Å². The summed E-state index contributed by atoms with van der Waals surface area (Å²) in [6, 6.07) is 0. The van der Waals surface area contributed by atoms with Crippen molar-refractivity contribution in [2.75, 3.05) is 0 Å². The van der Waals surface area contributed by atoms with Crippen LogP contribution >= 0.6 is 0 Å². The molecule has 0 aliphatic rings. The fourth-order valence-corrected chi connectivity index (χ4v) is 2.07. The molecule has 0 heteroatoms. The molecule has 0 nitrogen and oxygen atoms in total. The zero-order valence-electron chi connectivity index (χ0n) is 9.61. The second kappa shape index (κ2) is 5.61. The maximum absolute atomic E-state index is 2.38. The zero-order chi connectivity index (χ0) is 9.61. The molecule has 0 aromatic carbocycles. The molecule has 0 radical (unpaired) electrons. The molecule has 0 bridgehead atoms. The van der Waals surface area contributed by atoms with E-state index in [2.05, 4.69) is 34.6 Å². The van der Waals surface area contributed by atoms with Crippen LogP contribution < -0.4 is 0 Å². The van der Waals surface area contributed by atoms with Gasteiger partial charge in [-0.3, -0.25) is 0 Å². The van der Waals surface area contributed by atoms with Crippen LogP contribution in [0.25, 0.3) is 0 Å². The Bertz CT molecular complexity index is 92.3. The summed E-state index contributed by atoms with van der Waals surface area (Å²) in [5.41, 5.74) is 0.648. The van der Waals surface area contributed by atoms with Gasteiger partial charge in [-0.05, 0) is 17.8 Å². The minimum atomic E-state index is 0.648. The third-order valence-corrected chi connectivity index (χ3v) is 3.73. The molecule has 0 spiro atoms. The average molecular weight is 170 g/mol. The van der Waals surface area contributed by atoms with Crippen LogP contribution in [0, 0.1) is 11.3 Å². The minimum absolute atomic E-state index is 0.648. The summed E-state index contributed by atoms with van der Waals surface area (Å²) in [5, 5.41) is 0. The molecular weight excluding hydrogens is 144 g/mol. The summed E-state index contributed by atoms with van der Waals surface area (Å²) in [5.74, 6) is 0.907. The number of rotatable bonds is 6. The highest BCUT2D eigenvalue weighted by atomic mass is 14.3. The highest BCUT2D eigenvalue weighted by molar-refractivity contribution is 4.76. The van der Waals surface area contributed by atoms with Gasteiger partial charge in [-0.25, -0.2) is 0 Å². The van der Waals surface area contributed by atoms with E-state index in [0.29, 0.717) is 5.41 Å². The van der Waals surface area contributed by atoms with Crippen molar-refractivity contribution in [1.29, 1.82) is 0 Å². The Morgan fingerprint density at radius 1 is 0.917 bits per heavy atom. The fourth-order valence-electron chi connectivity index (χ4n) is 2.07. The van der Waals surface area contributed by atoms with Gasteiger partial charge in [0.15, 0.2) is 0 Å². The van der Waals surface area contributed by atoms with Gasteiger partial charge in [0.1, 0.15) is 0 Å². The number of hydrogen-bond donors (Lipinski definition) is 0. The second-order valence-electron chi connectivity index (χ2n) is 4.28. The normalized spacial score (nSPS) is 14.8. The van der Waals surface area contributed by atoms with Crippen LogP contribution in [0.3, 0.4) is 0 Å². The molecule has 12 heavy (non-hydrogen) atoms. The van der Waals surface area contributed by atoms with E-state index < -0.39 is 0 Å². The van der Waals surface area contributed by atoms with Crippen LogP contribution in [-0.2, 0) is 0 Å². The predicted octanol–water partition coefficient (Wildman–Crippen LogP) is 4.64. The van der Waals surface area contributed by atoms with E-state index in [-0.39, 0.29) is 0 Å². The van der Waals surface area contributed by atoms with E-state index in [1.807, 2.05) is 0 Å². The SMILES string of the molecule is CCC(C)CC(CC)(CC)CC. The Morgan fingerprint density at radius 3 is 1.58 bits per heavy atom. The van der Waals surface area contributed by atoms with Crippen molar-refractivity contribution in [3.63, 3.8) is 0 Å². The Morgan fingerprint density at radius 2 is 1.33 bits per heavy atom. The first-order chi connectivity index (χ1) is 5.64. The highest BCUT2D eigenvalue weighted by Gasteiger charge is 2.25. The van der Waals surface area contributed by atoms with Gasteiger partial charge < -0.3 is 0 Å². The van der Waals surface area contributed by atoms with Crippen molar-refractivity contribution in [3.8, 4) is 0 Å². The topological polar surface area (TPSA) is 0 Å². The fraction of sp³-hybridized carbons (Fsp3) is 1.00. The van der Waals surface area contributed by atoms with Crippen molar-refractivity contribution in [1.82, 2.24) is 0 Å². The van der Waals surface area contributed by atoms with Crippen molar-refractivity contribution in [2.45, 2.75) is 66.7 Å². The molecule has 1 unspecified atom stereocenters. The lowest BCUT2D eigenvalue weighted by atomic mass is 9.73. The Balaban J connectivity index is 4.09. The lowest BCUT2D eigenvalue weighted by Crippen LogP contribution is -2.20. The largest absolute Gasteiger partial charge is 0.0651 e. The third-order valence-electron chi connectivity index (χ3n) is 3.73. The second-order valence-corrected chi connectivity index (χ2v) is 4.28. The first kappa shape index (κ1) is 12.0. The molecule has 1 atom stereocenters. The van der Waals surface area contributed by atoms with Crippen molar-refractivity contribution in [3.05, 3.63) is 0 Å². The first-order valence-corrected chi connectivity index (χ1v) is 5.64. The van der Waals surface area contributed by atoms with Crippen LogP contribution in [0.15, 0.2) is 0 Å². The minimum Gasteiger partial charge on any atom is -0.0651 e. The van der Waals surface area contributed by atoms with E-state index in [9.17, 15) is 0 Å². The van der Waals surface area contributed by atoms with Gasteiger partial charge in [0, 0.05) is 0 Å². The van der Waals surface area contributed by atoms with E-state index >= 15 is 0 Å². The smallest absolute Gasteiger partial charge is 0.0303 e. The van der Waals surface area contributed by atoms with Gasteiger partial charge in [0.05, 0.1) is 0 Å². The van der Waals surface area contributed by atoms with Crippen molar-refractivity contribution in [2.24, 2.45) is 11.3 Å². The van der Waals surface area contributed by atoms with Crippen LogP contribution in [-0.4, -0.2) is 0 Å². The summed E-state index contributed by atoms with van der Waals surface area (Å²) in [4.78, 5) is 0. The zero-order valence-corrected chi connectivity index (χ0v) is 9.61. The summed E-state index contributed by atoms with van der Waals surface area (Å²) in [6.07, 6.45) is 6.81. The van der Waals surface area contributed by atoms with Crippen LogP contribution in [0.1, 0.15) is 66.7 Å². The van der Waals surface area contributed by atoms with E-state index in [1.165, 1.54) is 32.1 Å². The predicted molar refractivity (Wildman–Crippen MR) is 57.4 cm³/mol. The molecule has 0 aromatic rings. The van der Waals surface area contributed by atoms with Crippen molar-refractivity contribution < 1.29 is 0 Å². The van der Waals surface area contributed by atoms with Gasteiger partial charge in [-0.2, -0.15) is 0 Å². The molecule has 0 amide bonds. The van der Waals surface area contributed by atoms with Gasteiger partial charge in [-0.15, -0.1) is 0 Å². The maximum Gasteiger partial charge on any atom is -0.0303 e. The molecule has 0 rings (SSSR count). The summed E-state index contributed by atoms with van der Waals surface area (Å²) in [6.45, 7) is 11.7. The maximum atomic E-state index is 2.38. The molecule has 0 aromatic heterocycles. The first-order valence-electron chi connectivity index (χ1n) is 5.64. The van der Waals surface area contributed by atoms with Crippen LogP contribution in [0.4, 0.5) is 0 Å². The summed E-state index contributed by atoms with van der Waals surface area (Å²) < 4.78 is 0. The Hall–Kier alpha value is 0. The highest BCUT2D eigenvalue weighted by Crippen LogP contribution is 2.37. The Kier molecular flexibility index (Phi) is 5.61. The average Bonchev–Trinajstić information content (AvgIpc) is 2.14. The van der Waals surface area contributed by atoms with E-state index in [1.54, 1.807) is 0 Å². The van der Waals surface area contributed by atoms with Gasteiger partial charge in [0.2, 0.25) is 0 Å². The molecule has 0 N–H and O–H groups in total. The van der Waals surface area contributed by atoms with Gasteiger partial charge in [0.25, 0.3) is 0 Å². The van der Waals surface area contributed by atoms with Crippen molar-refractivity contribution >= 4 is 0 Å². The summed E-state index contributed by atoms with van der Waals surface area (Å²) >= 11 is 0. The molecule has 0 aliphatic carbocycles. The van der Waals surface area contributed by atoms with Gasteiger partial charge in [-0.1, -0.05) is 60.3 Å². The molecular formula is C12H26. The molecule has 0 fully saturated rings. The molecule has 74 valence electrons. The molecule has 0 heterocycles. The lowest BCUT2D eigenvalue weighted by Gasteiger charge is -2.33. The molecule has 0 saturated carbocycles. The molecule has 0 saturated heterocycles. The van der Waals surface area contributed by atoms with Crippen LogP contribution in [0.2, 0.25) is 0 Å². The van der Waals surface area contributed by atoms with Crippen LogP contribution in [0.5, 0.6) is 0 Å². The quantitative estimate of drug-likeness (QED) is 0.545. The Labute approximate surface area is 78.8 Å². The monoisotopic (exact) mass is 170 g/mol. The third kappa shape index (κ3) is 3.16. The van der Waals surface area contributed by atoms with E-state index in [0.717, 1.165) is 5.92 Å². The number of hydrogen-bond acceptors (Lipinski definition) is 0. The standard InChI is InChI=1S/C12H26/c1-6-11(5)10-12(7-2,8-3)9-4/h11H,6-10H2,1-5H3. The lowest BCUT2D eigenvalue weighted by molar-refractivity contribution is 0.189. The molecule has 0 aliphatic heterocycles. The van der Waals surface area contributed by atoms with E-state index in [4.69, 9.17) is 0 Å².